The first kappa shape index (κ1) is 20.7. The summed E-state index contributed by atoms with van der Waals surface area (Å²) in [4.78, 5) is 18.6. The Balaban J connectivity index is 1.88. The van der Waals surface area contributed by atoms with Gasteiger partial charge in [-0.1, -0.05) is 39.2 Å². The number of tetrazole rings is 1. The van der Waals surface area contributed by atoms with Gasteiger partial charge in [0.1, 0.15) is 6.04 Å². The van der Waals surface area contributed by atoms with Gasteiger partial charge in [0, 0.05) is 16.5 Å². The van der Waals surface area contributed by atoms with Crippen molar-refractivity contribution < 1.29 is 0 Å². The molecule has 7 heteroatoms. The normalized spacial score (nSPS) is 16.4. The maximum atomic E-state index is 13.3. The quantitative estimate of drug-likeness (QED) is 0.665. The topological polar surface area (TPSA) is 79.7 Å². The van der Waals surface area contributed by atoms with Gasteiger partial charge >= 0.3 is 0 Å². The summed E-state index contributed by atoms with van der Waals surface area (Å²) >= 11 is 0. The Labute approximate surface area is 177 Å². The van der Waals surface area contributed by atoms with Crippen molar-refractivity contribution in [1.29, 1.82) is 0 Å². The van der Waals surface area contributed by atoms with E-state index in [-0.39, 0.29) is 11.6 Å². The molecule has 4 rings (SSSR count). The monoisotopic (exact) mass is 408 g/mol. The third-order valence-corrected chi connectivity index (χ3v) is 6.50. The van der Waals surface area contributed by atoms with Crippen molar-refractivity contribution in [2.24, 2.45) is 0 Å². The highest BCUT2D eigenvalue weighted by Crippen LogP contribution is 2.33. The van der Waals surface area contributed by atoms with E-state index in [1.54, 1.807) is 0 Å². The number of hydrogen-bond acceptors (Lipinski definition) is 5. The number of aromatic amines is 1. The summed E-state index contributed by atoms with van der Waals surface area (Å²) in [6.07, 6.45) is 5.87. The van der Waals surface area contributed by atoms with Crippen LogP contribution in [0.3, 0.4) is 0 Å². The average molecular weight is 409 g/mol. The number of nitrogens with zero attached hydrogens (tertiary/aromatic N) is 5. The van der Waals surface area contributed by atoms with Gasteiger partial charge in [-0.3, -0.25) is 9.69 Å². The average Bonchev–Trinajstić information content (AvgIpc) is 3.22. The third kappa shape index (κ3) is 3.78. The number of nitrogens with one attached hydrogen (secondary N) is 1. The van der Waals surface area contributed by atoms with Gasteiger partial charge in [-0.05, 0) is 73.5 Å². The van der Waals surface area contributed by atoms with Gasteiger partial charge in [0.25, 0.3) is 5.56 Å². The van der Waals surface area contributed by atoms with Crippen LogP contribution in [0.4, 0.5) is 0 Å². The summed E-state index contributed by atoms with van der Waals surface area (Å²) in [6.45, 7) is 10.0. The predicted octanol–water partition coefficient (Wildman–Crippen LogP) is 4.07. The SMILES string of the molecule is CCN(CC)[C@H](c1cc2c(C)cc(C)cc2[nH]c1=O)c1nnnn1C1CCCCC1. The Bertz CT molecular complexity index is 1070. The molecule has 0 aliphatic heterocycles. The summed E-state index contributed by atoms with van der Waals surface area (Å²) in [5, 5.41) is 13.9. The van der Waals surface area contributed by atoms with Crippen LogP contribution in [0.2, 0.25) is 0 Å². The van der Waals surface area contributed by atoms with Crippen molar-refractivity contribution in [3.8, 4) is 0 Å². The summed E-state index contributed by atoms with van der Waals surface area (Å²) in [5.41, 5.74) is 3.83. The number of aryl methyl sites for hydroxylation is 2. The number of pyridine rings is 1. The molecule has 1 aliphatic carbocycles. The number of fused-ring (bicyclic) bond motifs is 1. The van der Waals surface area contributed by atoms with Gasteiger partial charge in [-0.15, -0.1) is 5.10 Å². The molecule has 1 atom stereocenters. The lowest BCUT2D eigenvalue weighted by molar-refractivity contribution is 0.222. The Hall–Kier alpha value is -2.54. The van der Waals surface area contributed by atoms with Crippen molar-refractivity contribution in [2.75, 3.05) is 13.1 Å². The number of hydrogen-bond donors (Lipinski definition) is 1. The fourth-order valence-corrected chi connectivity index (χ4v) is 4.95. The zero-order valence-electron chi connectivity index (χ0n) is 18.5. The fraction of sp³-hybridized carbons (Fsp3) is 0.565. The summed E-state index contributed by atoms with van der Waals surface area (Å²) in [6, 6.07) is 6.28. The Kier molecular flexibility index (Phi) is 5.99. The molecular weight excluding hydrogens is 376 g/mol. The Morgan fingerprint density at radius 3 is 2.57 bits per heavy atom. The van der Waals surface area contributed by atoms with Gasteiger partial charge in [-0.2, -0.15) is 0 Å². The molecule has 160 valence electrons. The number of rotatable bonds is 6. The highest BCUT2D eigenvalue weighted by molar-refractivity contribution is 5.83. The molecule has 0 radical (unpaired) electrons. The Morgan fingerprint density at radius 1 is 1.13 bits per heavy atom. The largest absolute Gasteiger partial charge is 0.322 e. The van der Waals surface area contributed by atoms with Gasteiger partial charge in [0.15, 0.2) is 5.82 Å². The van der Waals surface area contributed by atoms with Crippen molar-refractivity contribution >= 4 is 10.9 Å². The van der Waals surface area contributed by atoms with Crippen LogP contribution >= 0.6 is 0 Å². The van der Waals surface area contributed by atoms with E-state index in [4.69, 9.17) is 0 Å². The smallest absolute Gasteiger partial charge is 0.253 e. The van der Waals surface area contributed by atoms with Crippen LogP contribution in [0.25, 0.3) is 10.9 Å². The molecule has 7 nitrogen and oxygen atoms in total. The number of H-pyrrole nitrogens is 1. The highest BCUT2D eigenvalue weighted by Gasteiger charge is 2.31. The molecule has 0 bridgehead atoms. The Morgan fingerprint density at radius 2 is 1.87 bits per heavy atom. The van der Waals surface area contributed by atoms with E-state index in [0.29, 0.717) is 11.6 Å². The lowest BCUT2D eigenvalue weighted by Gasteiger charge is -2.31. The molecule has 2 heterocycles. The third-order valence-electron chi connectivity index (χ3n) is 6.50. The molecule has 2 aromatic heterocycles. The lowest BCUT2D eigenvalue weighted by atomic mass is 9.95. The second-order valence-corrected chi connectivity index (χ2v) is 8.49. The van der Waals surface area contributed by atoms with Crippen molar-refractivity contribution in [3.63, 3.8) is 0 Å². The molecule has 1 fully saturated rings. The first-order chi connectivity index (χ1) is 14.5. The second kappa shape index (κ2) is 8.68. The summed E-state index contributed by atoms with van der Waals surface area (Å²) < 4.78 is 1.99. The van der Waals surface area contributed by atoms with Crippen LogP contribution in [0, 0.1) is 13.8 Å². The second-order valence-electron chi connectivity index (χ2n) is 8.49. The summed E-state index contributed by atoms with van der Waals surface area (Å²) in [7, 11) is 0. The van der Waals surface area contributed by atoms with Crippen LogP contribution in [0.1, 0.15) is 80.6 Å². The number of aromatic nitrogens is 5. The first-order valence-corrected chi connectivity index (χ1v) is 11.2. The van der Waals surface area contributed by atoms with Crippen LogP contribution in [-0.2, 0) is 0 Å². The predicted molar refractivity (Wildman–Crippen MR) is 119 cm³/mol. The standard InChI is InChI=1S/C23H32N6O/c1-5-28(6-2)21(22-25-26-27-29(22)17-10-8-7-9-11-17)19-14-18-16(4)12-15(3)13-20(18)24-23(19)30/h12-14,17,21H,5-11H2,1-4H3,(H,24,30)/t21-/m1/s1. The van der Waals surface area contributed by atoms with E-state index in [2.05, 4.69) is 59.2 Å². The van der Waals surface area contributed by atoms with Gasteiger partial charge in [-0.25, -0.2) is 4.68 Å². The molecule has 0 unspecified atom stereocenters. The minimum Gasteiger partial charge on any atom is -0.322 e. The van der Waals surface area contributed by atoms with Gasteiger partial charge in [0.2, 0.25) is 0 Å². The maximum Gasteiger partial charge on any atom is 0.253 e. The van der Waals surface area contributed by atoms with E-state index in [9.17, 15) is 4.79 Å². The molecule has 1 N–H and O–H groups in total. The lowest BCUT2D eigenvalue weighted by Crippen LogP contribution is -2.35. The molecule has 0 amide bonds. The minimum atomic E-state index is -0.272. The van der Waals surface area contributed by atoms with E-state index >= 15 is 0 Å². The van der Waals surface area contributed by atoms with Crippen molar-refractivity contribution in [3.05, 3.63) is 51.1 Å². The van der Waals surface area contributed by atoms with Crippen LogP contribution in [-0.4, -0.2) is 43.2 Å². The van der Waals surface area contributed by atoms with Crippen LogP contribution in [0.5, 0.6) is 0 Å². The molecule has 30 heavy (non-hydrogen) atoms. The molecule has 3 aromatic rings. The van der Waals surface area contributed by atoms with Gasteiger partial charge in [0.05, 0.1) is 6.04 Å². The maximum absolute atomic E-state index is 13.3. The van der Waals surface area contributed by atoms with E-state index in [1.807, 2.05) is 16.8 Å². The zero-order chi connectivity index (χ0) is 21.3. The van der Waals surface area contributed by atoms with E-state index in [1.165, 1.54) is 19.3 Å². The highest BCUT2D eigenvalue weighted by atomic mass is 16.1. The first-order valence-electron chi connectivity index (χ1n) is 11.2. The zero-order valence-corrected chi connectivity index (χ0v) is 18.5. The van der Waals surface area contributed by atoms with Crippen molar-refractivity contribution in [2.45, 2.75) is 71.9 Å². The van der Waals surface area contributed by atoms with Crippen molar-refractivity contribution in [1.82, 2.24) is 30.1 Å². The summed E-state index contributed by atoms with van der Waals surface area (Å²) in [5.74, 6) is 0.778. The molecule has 0 saturated heterocycles. The van der Waals surface area contributed by atoms with E-state index < -0.39 is 0 Å². The van der Waals surface area contributed by atoms with E-state index in [0.717, 1.165) is 53.8 Å². The van der Waals surface area contributed by atoms with Crippen LogP contribution in [0.15, 0.2) is 23.0 Å². The minimum absolute atomic E-state index is 0.0670. The van der Waals surface area contributed by atoms with Gasteiger partial charge < -0.3 is 4.98 Å². The fourth-order valence-electron chi connectivity index (χ4n) is 4.95. The molecule has 1 aromatic carbocycles. The molecule has 1 aliphatic rings. The van der Waals surface area contributed by atoms with Crippen LogP contribution < -0.4 is 5.56 Å². The molecular formula is C23H32N6O. The number of benzene rings is 1. The molecule has 0 spiro atoms. The molecule has 1 saturated carbocycles.